The van der Waals surface area contributed by atoms with Crippen LogP contribution < -0.4 is 11.1 Å². The Bertz CT molecular complexity index is 1130. The number of hydrogen-bond donors (Lipinski definition) is 3. The van der Waals surface area contributed by atoms with Crippen molar-refractivity contribution in [3.8, 4) is 0 Å². The predicted molar refractivity (Wildman–Crippen MR) is 229 cm³/mol. The van der Waals surface area contributed by atoms with Crippen molar-refractivity contribution in [2.24, 2.45) is 5.73 Å². The fourth-order valence-corrected chi connectivity index (χ4v) is 4.68. The Hall–Kier alpha value is -3.02. The zero-order valence-electron chi connectivity index (χ0n) is 38.9. The molecular formula is C42H84N6O10. The van der Waals surface area contributed by atoms with Crippen LogP contribution in [0.2, 0.25) is 0 Å². The van der Waals surface area contributed by atoms with Crippen molar-refractivity contribution in [3.05, 3.63) is 0 Å². The highest BCUT2D eigenvalue weighted by molar-refractivity contribution is 5.80. The van der Waals surface area contributed by atoms with Gasteiger partial charge in [0.05, 0.1) is 38.3 Å². The summed E-state index contributed by atoms with van der Waals surface area (Å²) in [4.78, 5) is 77.8. The summed E-state index contributed by atoms with van der Waals surface area (Å²) in [5, 5.41) is 11.1. The standard InChI is InChI=1S/C26H47N5O7.C7H14O2.C5H13N.C4H10O/c1-25(2,3)37-23(35)20-30-11-9-28(16-18-33)8-10-29(19-22(34)27-7-17-32)12-13-31(15-14-30)21-24(36)38-26(4,5)6;1-5-6(8)9-7(2,3)4;1-2-3-4-5-6;1-4(2,3)5/h17-18H,7-16,19-21H2,1-6H3,(H,27,34);5H2,1-4H3;2-6H2,1H3;5H,1-3H3. The van der Waals surface area contributed by atoms with Gasteiger partial charge in [0, 0.05) is 58.8 Å². The van der Waals surface area contributed by atoms with E-state index in [4.69, 9.17) is 25.1 Å². The van der Waals surface area contributed by atoms with Crippen LogP contribution in [-0.4, -0.2) is 175 Å². The third kappa shape index (κ3) is 45.7. The van der Waals surface area contributed by atoms with Gasteiger partial charge in [0.15, 0.2) is 0 Å². The second-order valence-electron chi connectivity index (χ2n) is 18.0. The molecule has 0 aromatic carbocycles. The van der Waals surface area contributed by atoms with Crippen LogP contribution in [0.3, 0.4) is 0 Å². The molecule has 1 aliphatic heterocycles. The van der Waals surface area contributed by atoms with Gasteiger partial charge in [-0.3, -0.25) is 38.8 Å². The highest BCUT2D eigenvalue weighted by Gasteiger charge is 2.24. The average Bonchev–Trinajstić information content (AvgIpc) is 3.04. The lowest BCUT2D eigenvalue weighted by Gasteiger charge is -2.33. The van der Waals surface area contributed by atoms with Crippen molar-refractivity contribution in [2.45, 2.75) is 145 Å². The molecule has 4 N–H and O–H groups in total. The predicted octanol–water partition coefficient (Wildman–Crippen LogP) is 3.06. The summed E-state index contributed by atoms with van der Waals surface area (Å²) in [7, 11) is 0. The quantitative estimate of drug-likeness (QED) is 0.0998. The highest BCUT2D eigenvalue weighted by atomic mass is 16.6. The molecule has 1 rings (SSSR count). The Morgan fingerprint density at radius 3 is 1.19 bits per heavy atom. The smallest absolute Gasteiger partial charge is 0.320 e. The first-order valence-corrected chi connectivity index (χ1v) is 20.7. The molecule has 16 heteroatoms. The number of aliphatic hydroxyl groups is 1. The summed E-state index contributed by atoms with van der Waals surface area (Å²) >= 11 is 0. The van der Waals surface area contributed by atoms with E-state index in [0.29, 0.717) is 65.1 Å². The molecule has 16 nitrogen and oxygen atoms in total. The third-order valence-corrected chi connectivity index (χ3v) is 7.07. The second-order valence-corrected chi connectivity index (χ2v) is 18.0. The Kier molecular flexibility index (Phi) is 32.6. The molecule has 1 aliphatic rings. The number of unbranched alkanes of at least 4 members (excludes halogenated alkanes) is 2. The van der Waals surface area contributed by atoms with E-state index < -0.39 is 16.8 Å². The molecule has 0 atom stereocenters. The van der Waals surface area contributed by atoms with Gasteiger partial charge in [-0.2, -0.15) is 0 Å². The van der Waals surface area contributed by atoms with E-state index in [-0.39, 0.29) is 62.1 Å². The summed E-state index contributed by atoms with van der Waals surface area (Å²) in [5.41, 5.74) is 3.17. The Morgan fingerprint density at radius 2 is 0.931 bits per heavy atom. The van der Waals surface area contributed by atoms with Crippen molar-refractivity contribution in [1.29, 1.82) is 0 Å². The number of hydrogen-bond acceptors (Lipinski definition) is 15. The van der Waals surface area contributed by atoms with Gasteiger partial charge in [0.1, 0.15) is 29.4 Å². The van der Waals surface area contributed by atoms with E-state index in [9.17, 15) is 28.8 Å². The minimum atomic E-state index is -0.614. The minimum absolute atomic E-state index is 0.0534. The molecule has 0 aliphatic carbocycles. The van der Waals surface area contributed by atoms with Crippen LogP contribution in [-0.2, 0) is 43.0 Å². The molecule has 0 radical (unpaired) electrons. The van der Waals surface area contributed by atoms with E-state index in [0.717, 1.165) is 12.8 Å². The monoisotopic (exact) mass is 833 g/mol. The number of carbonyl (C=O) groups is 6. The van der Waals surface area contributed by atoms with Gasteiger partial charge in [0.25, 0.3) is 0 Å². The zero-order chi connectivity index (χ0) is 45.6. The van der Waals surface area contributed by atoms with Crippen LogP contribution in [0.15, 0.2) is 0 Å². The van der Waals surface area contributed by atoms with Gasteiger partial charge in [-0.05, 0) is 96.1 Å². The minimum Gasteiger partial charge on any atom is -0.460 e. The zero-order valence-corrected chi connectivity index (χ0v) is 38.9. The van der Waals surface area contributed by atoms with Crippen molar-refractivity contribution >= 4 is 36.4 Å². The van der Waals surface area contributed by atoms with Crippen LogP contribution in [0, 0.1) is 0 Å². The maximum atomic E-state index is 12.6. The van der Waals surface area contributed by atoms with E-state index in [1.165, 1.54) is 19.3 Å². The van der Waals surface area contributed by atoms with Gasteiger partial charge >= 0.3 is 17.9 Å². The Labute approximate surface area is 351 Å². The van der Waals surface area contributed by atoms with Crippen molar-refractivity contribution in [3.63, 3.8) is 0 Å². The molecule has 1 amide bonds. The lowest BCUT2D eigenvalue weighted by Crippen LogP contribution is -2.50. The van der Waals surface area contributed by atoms with Crippen molar-refractivity contribution in [2.75, 3.05) is 91.6 Å². The molecule has 0 bridgehead atoms. The molecule has 0 unspecified atom stereocenters. The molecule has 0 saturated carbocycles. The fraction of sp³-hybridized carbons (Fsp3) is 0.857. The number of nitrogens with zero attached hydrogens (tertiary/aromatic N) is 4. The van der Waals surface area contributed by atoms with E-state index >= 15 is 0 Å². The van der Waals surface area contributed by atoms with E-state index in [1.807, 2.05) is 81.9 Å². The number of ether oxygens (including phenoxy) is 3. The maximum absolute atomic E-state index is 12.6. The third-order valence-electron chi connectivity index (χ3n) is 7.07. The molecule has 0 aromatic rings. The topological polar surface area (TPSA) is 201 Å². The van der Waals surface area contributed by atoms with Crippen LogP contribution in [0.5, 0.6) is 0 Å². The Morgan fingerprint density at radius 1 is 0.586 bits per heavy atom. The number of nitrogens with one attached hydrogen (secondary N) is 1. The number of carbonyl (C=O) groups excluding carboxylic acids is 6. The normalized spacial score (nSPS) is 15.5. The van der Waals surface area contributed by atoms with E-state index in [2.05, 4.69) is 12.2 Å². The molecule has 58 heavy (non-hydrogen) atoms. The van der Waals surface area contributed by atoms with Crippen LogP contribution in [0.25, 0.3) is 0 Å². The van der Waals surface area contributed by atoms with Gasteiger partial charge in [-0.25, -0.2) is 0 Å². The van der Waals surface area contributed by atoms with Crippen LogP contribution in [0.1, 0.15) is 123 Å². The molecule has 342 valence electrons. The summed E-state index contributed by atoms with van der Waals surface area (Å²) in [6, 6.07) is 0. The fourth-order valence-electron chi connectivity index (χ4n) is 4.68. The first kappa shape index (κ1) is 59.3. The van der Waals surface area contributed by atoms with Crippen molar-refractivity contribution in [1.82, 2.24) is 24.9 Å². The maximum Gasteiger partial charge on any atom is 0.320 e. The lowest BCUT2D eigenvalue weighted by molar-refractivity contribution is -0.158. The Balaban J connectivity index is -0.00000123. The van der Waals surface area contributed by atoms with Crippen molar-refractivity contribution < 1.29 is 48.1 Å². The number of rotatable bonds is 14. The summed E-state index contributed by atoms with van der Waals surface area (Å²) in [6.45, 7) is 31.0. The molecule has 0 aromatic heterocycles. The summed E-state index contributed by atoms with van der Waals surface area (Å²) in [6.07, 6.45) is 5.68. The number of esters is 3. The van der Waals surface area contributed by atoms with Gasteiger partial charge in [0.2, 0.25) is 5.91 Å². The van der Waals surface area contributed by atoms with Gasteiger partial charge in [-0.15, -0.1) is 0 Å². The average molecular weight is 833 g/mol. The molecule has 0 spiro atoms. The lowest BCUT2D eigenvalue weighted by atomic mass is 10.2. The van der Waals surface area contributed by atoms with Crippen LogP contribution in [0.4, 0.5) is 0 Å². The first-order valence-electron chi connectivity index (χ1n) is 20.7. The second kappa shape index (κ2) is 31.8. The van der Waals surface area contributed by atoms with Gasteiger partial charge in [-0.1, -0.05) is 26.7 Å². The number of amides is 1. The number of aldehydes is 2. The first-order chi connectivity index (χ1) is 26.6. The van der Waals surface area contributed by atoms with Crippen LogP contribution >= 0.6 is 0 Å². The summed E-state index contributed by atoms with van der Waals surface area (Å²) < 4.78 is 16.0. The molecule has 1 fully saturated rings. The molecule has 1 heterocycles. The molecule has 1 saturated heterocycles. The number of nitrogens with two attached hydrogens (primary N) is 1. The SMILES string of the molecule is CC(C)(C)O.CC(C)(C)OC(=O)CN1CCN(CC=O)CCN(CC(=O)NCC=O)CCN(CC(=O)OC(C)(C)C)CC1.CCC(=O)OC(C)(C)C.CCCCCN. The highest BCUT2D eigenvalue weighted by Crippen LogP contribution is 2.10. The largest absolute Gasteiger partial charge is 0.460 e. The van der Waals surface area contributed by atoms with E-state index in [1.54, 1.807) is 27.7 Å². The summed E-state index contributed by atoms with van der Waals surface area (Å²) in [5.74, 6) is -1.09. The molecular weight excluding hydrogens is 748 g/mol. The van der Waals surface area contributed by atoms with Gasteiger partial charge < -0.3 is 40.0 Å².